The second kappa shape index (κ2) is 9.09. The summed E-state index contributed by atoms with van der Waals surface area (Å²) >= 11 is 0. The minimum atomic E-state index is -0.277. The van der Waals surface area contributed by atoms with E-state index in [0.717, 1.165) is 30.5 Å². The molecule has 182 valence electrons. The average molecular weight is 476 g/mol. The van der Waals surface area contributed by atoms with E-state index in [1.165, 1.54) is 18.8 Å². The van der Waals surface area contributed by atoms with Crippen LogP contribution in [0.15, 0.2) is 41.3 Å². The van der Waals surface area contributed by atoms with E-state index in [-0.39, 0.29) is 17.4 Å². The third-order valence-electron chi connectivity index (χ3n) is 7.09. The molecule has 35 heavy (non-hydrogen) atoms. The molecule has 0 N–H and O–H groups in total. The Bertz CT molecular complexity index is 1390. The summed E-state index contributed by atoms with van der Waals surface area (Å²) in [7, 11) is 4.79. The van der Waals surface area contributed by atoms with Crippen molar-refractivity contribution in [2.75, 3.05) is 39.3 Å². The summed E-state index contributed by atoms with van der Waals surface area (Å²) in [5, 5.41) is 0.900. The number of anilines is 1. The Morgan fingerprint density at radius 3 is 2.26 bits per heavy atom. The SMILES string of the molecule is COc1cc2c(C(=O)N3CCCCC3)cn(-c3ccc4c(c3)N(C)C(=O)CC4)c(=O)c2cc1OC. The molecule has 2 aromatic carbocycles. The molecule has 1 fully saturated rings. The average Bonchev–Trinajstić information content (AvgIpc) is 2.90. The minimum absolute atomic E-state index is 0.0401. The number of benzene rings is 2. The van der Waals surface area contributed by atoms with Crippen LogP contribution in [0.5, 0.6) is 11.5 Å². The van der Waals surface area contributed by atoms with Crippen molar-refractivity contribution in [2.45, 2.75) is 32.1 Å². The Balaban J connectivity index is 1.74. The van der Waals surface area contributed by atoms with Gasteiger partial charge in [-0.15, -0.1) is 0 Å². The molecule has 0 unspecified atom stereocenters. The highest BCUT2D eigenvalue weighted by atomic mass is 16.5. The topological polar surface area (TPSA) is 81.1 Å². The molecule has 3 aromatic rings. The minimum Gasteiger partial charge on any atom is -0.493 e. The monoisotopic (exact) mass is 475 g/mol. The van der Waals surface area contributed by atoms with Crippen LogP contribution >= 0.6 is 0 Å². The zero-order chi connectivity index (χ0) is 24.7. The maximum Gasteiger partial charge on any atom is 0.263 e. The quantitative estimate of drug-likeness (QED) is 0.577. The van der Waals surface area contributed by atoms with Crippen LogP contribution in [0, 0.1) is 0 Å². The molecule has 1 aromatic heterocycles. The summed E-state index contributed by atoms with van der Waals surface area (Å²) in [5.41, 5.74) is 2.59. The van der Waals surface area contributed by atoms with Crippen LogP contribution < -0.4 is 19.9 Å². The zero-order valence-corrected chi connectivity index (χ0v) is 20.3. The van der Waals surface area contributed by atoms with Gasteiger partial charge in [0.15, 0.2) is 11.5 Å². The first-order valence-electron chi connectivity index (χ1n) is 11.9. The summed E-state index contributed by atoms with van der Waals surface area (Å²) in [6.45, 7) is 1.39. The van der Waals surface area contributed by atoms with Crippen molar-refractivity contribution in [1.29, 1.82) is 0 Å². The van der Waals surface area contributed by atoms with Gasteiger partial charge in [-0.3, -0.25) is 19.0 Å². The maximum atomic E-state index is 13.7. The zero-order valence-electron chi connectivity index (χ0n) is 20.3. The van der Waals surface area contributed by atoms with Gasteiger partial charge < -0.3 is 19.3 Å². The molecule has 0 spiro atoms. The van der Waals surface area contributed by atoms with Gasteiger partial charge in [0.25, 0.3) is 11.5 Å². The number of rotatable bonds is 4. The highest BCUT2D eigenvalue weighted by Gasteiger charge is 2.25. The first-order chi connectivity index (χ1) is 16.9. The van der Waals surface area contributed by atoms with Crippen molar-refractivity contribution < 1.29 is 19.1 Å². The fourth-order valence-electron chi connectivity index (χ4n) is 5.06. The number of hydrogen-bond donors (Lipinski definition) is 0. The van der Waals surface area contributed by atoms with E-state index < -0.39 is 0 Å². The van der Waals surface area contributed by atoms with Crippen LogP contribution in [0.2, 0.25) is 0 Å². The molecule has 8 heteroatoms. The molecule has 3 heterocycles. The predicted molar refractivity (Wildman–Crippen MR) is 134 cm³/mol. The molecule has 2 aliphatic rings. The number of hydrogen-bond acceptors (Lipinski definition) is 5. The fraction of sp³-hybridized carbons (Fsp3) is 0.370. The number of fused-ring (bicyclic) bond motifs is 2. The highest BCUT2D eigenvalue weighted by Crippen LogP contribution is 2.34. The molecule has 0 radical (unpaired) electrons. The standard InChI is InChI=1S/C27H29N3O5/c1-28-22-13-18(9-7-17(22)8-10-25(28)31)30-16-21(26(32)29-11-5-4-6-12-29)19-14-23(34-2)24(35-3)15-20(19)27(30)33/h7,9,13-16H,4-6,8,10-12H2,1-3H3. The molecular weight excluding hydrogens is 446 g/mol. The third kappa shape index (κ3) is 3.92. The summed E-state index contributed by atoms with van der Waals surface area (Å²) in [4.78, 5) is 43.2. The van der Waals surface area contributed by atoms with Gasteiger partial charge >= 0.3 is 0 Å². The lowest BCUT2D eigenvalue weighted by atomic mass is 10.0. The molecule has 5 rings (SSSR count). The number of ether oxygens (including phenoxy) is 2. The first kappa shape index (κ1) is 23.0. The van der Waals surface area contributed by atoms with E-state index in [0.29, 0.717) is 59.5 Å². The second-order valence-corrected chi connectivity index (χ2v) is 9.09. The van der Waals surface area contributed by atoms with Gasteiger partial charge in [0.05, 0.1) is 30.9 Å². The maximum absolute atomic E-state index is 13.7. The molecule has 0 aliphatic carbocycles. The molecule has 2 aliphatic heterocycles. The van der Waals surface area contributed by atoms with Crippen molar-refractivity contribution in [2.24, 2.45) is 0 Å². The predicted octanol–water partition coefficient (Wildman–Crippen LogP) is 3.54. The van der Waals surface area contributed by atoms with Gasteiger partial charge in [-0.05, 0) is 55.5 Å². The number of aromatic nitrogens is 1. The number of piperidine rings is 1. The molecule has 0 atom stereocenters. The third-order valence-corrected chi connectivity index (χ3v) is 7.09. The van der Waals surface area contributed by atoms with Gasteiger partial charge in [-0.2, -0.15) is 0 Å². The van der Waals surface area contributed by atoms with Crippen LogP contribution in [0.3, 0.4) is 0 Å². The van der Waals surface area contributed by atoms with Crippen LogP contribution in [0.25, 0.3) is 16.5 Å². The number of methoxy groups -OCH3 is 2. The number of carbonyl (C=O) groups excluding carboxylic acids is 2. The van der Waals surface area contributed by atoms with Crippen molar-refractivity contribution >= 4 is 28.3 Å². The number of likely N-dealkylation sites (tertiary alicyclic amines) is 1. The van der Waals surface area contributed by atoms with Crippen LogP contribution in [0.4, 0.5) is 5.69 Å². The summed E-state index contributed by atoms with van der Waals surface area (Å²) < 4.78 is 12.4. The largest absolute Gasteiger partial charge is 0.493 e. The lowest BCUT2D eigenvalue weighted by Gasteiger charge is -2.28. The van der Waals surface area contributed by atoms with Gasteiger partial charge in [-0.25, -0.2) is 0 Å². The molecule has 1 saturated heterocycles. The van der Waals surface area contributed by atoms with E-state index in [1.54, 1.807) is 30.3 Å². The molecular formula is C27H29N3O5. The van der Waals surface area contributed by atoms with Gasteiger partial charge in [0.1, 0.15) is 0 Å². The van der Waals surface area contributed by atoms with E-state index in [1.807, 2.05) is 23.1 Å². The van der Waals surface area contributed by atoms with Gasteiger partial charge in [-0.1, -0.05) is 6.07 Å². The van der Waals surface area contributed by atoms with Crippen LogP contribution in [0.1, 0.15) is 41.6 Å². The van der Waals surface area contributed by atoms with Crippen molar-refractivity contribution in [1.82, 2.24) is 9.47 Å². The van der Waals surface area contributed by atoms with E-state index in [4.69, 9.17) is 9.47 Å². The smallest absolute Gasteiger partial charge is 0.263 e. The van der Waals surface area contributed by atoms with E-state index in [2.05, 4.69) is 0 Å². The first-order valence-corrected chi connectivity index (χ1v) is 11.9. The fourth-order valence-corrected chi connectivity index (χ4v) is 5.06. The normalized spacial score (nSPS) is 15.8. The Morgan fingerprint density at radius 2 is 1.57 bits per heavy atom. The Labute approximate surface area is 203 Å². The highest BCUT2D eigenvalue weighted by molar-refractivity contribution is 6.07. The lowest BCUT2D eigenvalue weighted by molar-refractivity contribution is -0.118. The van der Waals surface area contributed by atoms with Crippen molar-refractivity contribution in [3.8, 4) is 17.2 Å². The molecule has 2 amide bonds. The molecule has 0 bridgehead atoms. The van der Waals surface area contributed by atoms with Crippen molar-refractivity contribution in [3.05, 3.63) is 58.0 Å². The second-order valence-electron chi connectivity index (χ2n) is 9.09. The number of amides is 2. The van der Waals surface area contributed by atoms with Crippen LogP contribution in [-0.2, 0) is 11.2 Å². The summed E-state index contributed by atoms with van der Waals surface area (Å²) in [6.07, 6.45) is 5.80. The van der Waals surface area contributed by atoms with E-state index >= 15 is 0 Å². The summed E-state index contributed by atoms with van der Waals surface area (Å²) in [5.74, 6) is 0.806. The number of aryl methyl sites for hydroxylation is 1. The lowest BCUT2D eigenvalue weighted by Crippen LogP contribution is -2.36. The Hall–Kier alpha value is -3.81. The molecule has 8 nitrogen and oxygen atoms in total. The van der Waals surface area contributed by atoms with Gasteiger partial charge in [0.2, 0.25) is 5.91 Å². The number of nitrogens with zero attached hydrogens (tertiary/aromatic N) is 3. The summed E-state index contributed by atoms with van der Waals surface area (Å²) in [6, 6.07) is 9.00. The van der Waals surface area contributed by atoms with Crippen molar-refractivity contribution in [3.63, 3.8) is 0 Å². The number of pyridine rings is 1. The number of carbonyl (C=O) groups is 2. The molecule has 0 saturated carbocycles. The Morgan fingerprint density at radius 1 is 0.886 bits per heavy atom. The Kier molecular flexibility index (Phi) is 5.96. The van der Waals surface area contributed by atoms with Crippen LogP contribution in [-0.4, -0.2) is 55.6 Å². The van der Waals surface area contributed by atoms with E-state index in [9.17, 15) is 14.4 Å². The van der Waals surface area contributed by atoms with Gasteiger partial charge in [0, 0.05) is 43.8 Å².